The predicted octanol–water partition coefficient (Wildman–Crippen LogP) is 3.32. The minimum Gasteiger partial charge on any atom is -0.466 e. The van der Waals surface area contributed by atoms with Crippen molar-refractivity contribution in [3.05, 3.63) is 59.4 Å². The summed E-state index contributed by atoms with van der Waals surface area (Å²) in [5.41, 5.74) is -0.695. The Balaban J connectivity index is 1.77. The highest BCUT2D eigenvalue weighted by Gasteiger charge is 2.33. The van der Waals surface area contributed by atoms with Crippen LogP contribution in [0, 0.1) is 23.4 Å². The van der Waals surface area contributed by atoms with E-state index in [1.54, 1.807) is 6.92 Å². The van der Waals surface area contributed by atoms with Crippen molar-refractivity contribution in [2.45, 2.75) is 24.7 Å². The van der Waals surface area contributed by atoms with E-state index < -0.39 is 44.9 Å². The smallest absolute Gasteiger partial charge is 0.309 e. The number of piperidine rings is 1. The Labute approximate surface area is 183 Å². The molecule has 2 aromatic carbocycles. The molecule has 1 N–H and O–H groups in total. The molecule has 0 radical (unpaired) electrons. The van der Waals surface area contributed by atoms with Gasteiger partial charge in [0.05, 0.1) is 23.0 Å². The van der Waals surface area contributed by atoms with Gasteiger partial charge in [0.25, 0.3) is 5.91 Å². The predicted molar refractivity (Wildman–Crippen MR) is 109 cm³/mol. The molecule has 1 aliphatic rings. The summed E-state index contributed by atoms with van der Waals surface area (Å²) in [5, 5.41) is 2.21. The number of carbonyl (C=O) groups is 2. The number of esters is 1. The fraction of sp³-hybridized carbons (Fsp3) is 0.333. The summed E-state index contributed by atoms with van der Waals surface area (Å²) in [7, 11) is -4.06. The molecule has 172 valence electrons. The molecule has 2 aromatic rings. The minimum absolute atomic E-state index is 0.0690. The van der Waals surface area contributed by atoms with Crippen LogP contribution in [0.3, 0.4) is 0 Å². The number of nitrogens with zero attached hydrogens (tertiary/aromatic N) is 1. The van der Waals surface area contributed by atoms with E-state index in [0.29, 0.717) is 0 Å². The van der Waals surface area contributed by atoms with E-state index in [-0.39, 0.29) is 49.1 Å². The Morgan fingerprint density at radius 2 is 1.69 bits per heavy atom. The molecular formula is C21H21F3N2O5S. The van der Waals surface area contributed by atoms with Crippen LogP contribution in [0.25, 0.3) is 0 Å². The molecule has 0 aromatic heterocycles. The second-order valence-corrected chi connectivity index (χ2v) is 9.09. The van der Waals surface area contributed by atoms with E-state index in [4.69, 9.17) is 4.74 Å². The molecule has 11 heteroatoms. The SMILES string of the molecule is CCOC(=O)C1CCN(S(=O)(=O)c2ccc(F)c(C(=O)Nc3ccc(F)c(F)c3)c2)CC1. The maximum absolute atomic E-state index is 14.3. The van der Waals surface area contributed by atoms with Crippen molar-refractivity contribution in [1.29, 1.82) is 0 Å². The molecule has 1 aliphatic heterocycles. The number of hydrogen-bond donors (Lipinski definition) is 1. The molecule has 0 aliphatic carbocycles. The number of amides is 1. The summed E-state index contributed by atoms with van der Waals surface area (Å²) >= 11 is 0. The fourth-order valence-electron chi connectivity index (χ4n) is 3.35. The quantitative estimate of drug-likeness (QED) is 0.654. The van der Waals surface area contributed by atoms with E-state index in [1.807, 2.05) is 0 Å². The Kier molecular flexibility index (Phi) is 7.19. The molecule has 1 amide bonds. The molecule has 1 saturated heterocycles. The van der Waals surface area contributed by atoms with Crippen molar-refractivity contribution >= 4 is 27.6 Å². The lowest BCUT2D eigenvalue weighted by molar-refractivity contribution is -0.149. The molecule has 0 saturated carbocycles. The average molecular weight is 470 g/mol. The molecular weight excluding hydrogens is 449 g/mol. The van der Waals surface area contributed by atoms with Crippen molar-refractivity contribution in [3.63, 3.8) is 0 Å². The van der Waals surface area contributed by atoms with E-state index in [1.165, 1.54) is 0 Å². The summed E-state index contributed by atoms with van der Waals surface area (Å²) in [6.07, 6.45) is 0.561. The first kappa shape index (κ1) is 23.7. The standard InChI is InChI=1S/C21H21F3N2O5S/c1-2-31-21(28)13-7-9-26(10-8-13)32(29,30)15-4-6-17(22)16(12-15)20(27)25-14-3-5-18(23)19(24)11-14/h3-6,11-13H,2,7-10H2,1H3,(H,25,27). The summed E-state index contributed by atoms with van der Waals surface area (Å²) < 4.78 is 72.7. The molecule has 7 nitrogen and oxygen atoms in total. The van der Waals surface area contributed by atoms with Gasteiger partial charge in [-0.2, -0.15) is 4.31 Å². The number of halogens is 3. The monoisotopic (exact) mass is 470 g/mol. The van der Waals surface area contributed by atoms with Gasteiger partial charge in [0.15, 0.2) is 11.6 Å². The molecule has 1 heterocycles. The van der Waals surface area contributed by atoms with Crippen molar-refractivity contribution in [3.8, 4) is 0 Å². The zero-order valence-electron chi connectivity index (χ0n) is 17.1. The lowest BCUT2D eigenvalue weighted by Gasteiger charge is -2.30. The van der Waals surface area contributed by atoms with Crippen LogP contribution in [0.15, 0.2) is 41.3 Å². The lowest BCUT2D eigenvalue weighted by atomic mass is 9.98. The summed E-state index contributed by atoms with van der Waals surface area (Å²) in [6, 6.07) is 5.37. The van der Waals surface area contributed by atoms with Gasteiger partial charge < -0.3 is 10.1 Å². The van der Waals surface area contributed by atoms with Gasteiger partial charge >= 0.3 is 5.97 Å². The second-order valence-electron chi connectivity index (χ2n) is 7.16. The van der Waals surface area contributed by atoms with Crippen LogP contribution in [0.4, 0.5) is 18.9 Å². The Morgan fingerprint density at radius 3 is 2.31 bits per heavy atom. The zero-order valence-corrected chi connectivity index (χ0v) is 17.9. The molecule has 1 fully saturated rings. The molecule has 0 spiro atoms. The van der Waals surface area contributed by atoms with Crippen LogP contribution in [-0.2, 0) is 19.6 Å². The third kappa shape index (κ3) is 5.10. The van der Waals surface area contributed by atoms with Crippen molar-refractivity contribution < 1.29 is 35.9 Å². The first-order valence-corrected chi connectivity index (χ1v) is 11.3. The third-order valence-corrected chi connectivity index (χ3v) is 6.97. The molecule has 32 heavy (non-hydrogen) atoms. The highest BCUT2D eigenvalue weighted by Crippen LogP contribution is 2.26. The van der Waals surface area contributed by atoms with E-state index in [2.05, 4.69) is 5.32 Å². The van der Waals surface area contributed by atoms with Gasteiger partial charge in [-0.3, -0.25) is 9.59 Å². The number of ether oxygens (including phenoxy) is 1. The molecule has 3 rings (SSSR count). The van der Waals surface area contributed by atoms with E-state index in [9.17, 15) is 31.2 Å². The highest BCUT2D eigenvalue weighted by atomic mass is 32.2. The van der Waals surface area contributed by atoms with Gasteiger partial charge in [-0.25, -0.2) is 21.6 Å². The Bertz CT molecular complexity index is 1130. The topological polar surface area (TPSA) is 92.8 Å². The molecule has 0 unspecified atom stereocenters. The van der Waals surface area contributed by atoms with Crippen molar-refractivity contribution in [2.75, 3.05) is 25.0 Å². The van der Waals surface area contributed by atoms with Crippen LogP contribution in [0.2, 0.25) is 0 Å². The number of sulfonamides is 1. The normalized spacial score (nSPS) is 15.4. The van der Waals surface area contributed by atoms with Gasteiger partial charge in [-0.15, -0.1) is 0 Å². The summed E-state index contributed by atoms with van der Waals surface area (Å²) in [6.45, 7) is 2.06. The van der Waals surface area contributed by atoms with Gasteiger partial charge in [0.2, 0.25) is 10.0 Å². The Morgan fingerprint density at radius 1 is 1.03 bits per heavy atom. The number of hydrogen-bond acceptors (Lipinski definition) is 5. The minimum atomic E-state index is -4.06. The van der Waals surface area contributed by atoms with Crippen LogP contribution in [0.5, 0.6) is 0 Å². The number of carbonyl (C=O) groups excluding carboxylic acids is 2. The Hall–Kier alpha value is -2.92. The number of benzene rings is 2. The largest absolute Gasteiger partial charge is 0.466 e. The first-order chi connectivity index (χ1) is 15.1. The average Bonchev–Trinajstić information content (AvgIpc) is 2.76. The van der Waals surface area contributed by atoms with E-state index >= 15 is 0 Å². The van der Waals surface area contributed by atoms with Gasteiger partial charge in [-0.05, 0) is 50.1 Å². The maximum Gasteiger partial charge on any atom is 0.309 e. The maximum atomic E-state index is 14.3. The lowest BCUT2D eigenvalue weighted by Crippen LogP contribution is -2.40. The molecule has 0 atom stereocenters. The number of nitrogens with one attached hydrogen (secondary N) is 1. The summed E-state index contributed by atoms with van der Waals surface area (Å²) in [5.74, 6) is -5.09. The van der Waals surface area contributed by atoms with Gasteiger partial charge in [-0.1, -0.05) is 0 Å². The van der Waals surface area contributed by atoms with Crippen LogP contribution in [0.1, 0.15) is 30.1 Å². The van der Waals surface area contributed by atoms with Crippen molar-refractivity contribution in [2.24, 2.45) is 5.92 Å². The molecule has 0 bridgehead atoms. The second kappa shape index (κ2) is 9.70. The van der Waals surface area contributed by atoms with Crippen LogP contribution in [-0.4, -0.2) is 44.3 Å². The number of rotatable bonds is 6. The fourth-order valence-corrected chi connectivity index (χ4v) is 4.85. The summed E-state index contributed by atoms with van der Waals surface area (Å²) in [4.78, 5) is 24.0. The zero-order chi connectivity index (χ0) is 23.5. The van der Waals surface area contributed by atoms with E-state index in [0.717, 1.165) is 40.7 Å². The van der Waals surface area contributed by atoms with Crippen molar-refractivity contribution in [1.82, 2.24) is 4.31 Å². The van der Waals surface area contributed by atoms with Crippen LogP contribution >= 0.6 is 0 Å². The third-order valence-electron chi connectivity index (χ3n) is 5.07. The highest BCUT2D eigenvalue weighted by molar-refractivity contribution is 7.89. The van der Waals surface area contributed by atoms with Crippen LogP contribution < -0.4 is 5.32 Å². The first-order valence-electron chi connectivity index (χ1n) is 9.86. The van der Waals surface area contributed by atoms with Gasteiger partial charge in [0.1, 0.15) is 5.82 Å². The van der Waals surface area contributed by atoms with Gasteiger partial charge in [0, 0.05) is 24.8 Å². The number of anilines is 1.